The van der Waals surface area contributed by atoms with Crippen LogP contribution in [0.15, 0.2) is 24.5 Å². The zero-order valence-electron chi connectivity index (χ0n) is 16.4. The molecule has 0 radical (unpaired) electrons. The van der Waals surface area contributed by atoms with Crippen molar-refractivity contribution in [2.75, 3.05) is 31.2 Å². The number of hydrogen-bond acceptors (Lipinski definition) is 6. The molecule has 2 aromatic rings. The lowest BCUT2D eigenvalue weighted by Gasteiger charge is -2.32. The lowest BCUT2D eigenvalue weighted by atomic mass is 9.92. The van der Waals surface area contributed by atoms with Crippen LogP contribution < -0.4 is 15.0 Å². The first-order chi connectivity index (χ1) is 13.2. The molecule has 1 aliphatic heterocycles. The Kier molecular flexibility index (Phi) is 5.74. The third-order valence-corrected chi connectivity index (χ3v) is 5.44. The molecule has 4 rings (SSSR count). The lowest BCUT2D eigenvalue weighted by molar-refractivity contribution is 0.122. The quantitative estimate of drug-likeness (QED) is 0.872. The van der Waals surface area contributed by atoms with Gasteiger partial charge < -0.3 is 19.7 Å². The minimum Gasteiger partial charge on any atom is -0.488 e. The Hall–Kier alpha value is -1.92. The van der Waals surface area contributed by atoms with Crippen LogP contribution in [0.1, 0.15) is 39.5 Å². The molecule has 1 saturated carbocycles. The summed E-state index contributed by atoms with van der Waals surface area (Å²) in [4.78, 5) is 11.4. The fraction of sp³-hybridized carbons (Fsp3) is 0.619. The van der Waals surface area contributed by atoms with Gasteiger partial charge in [0.15, 0.2) is 0 Å². The van der Waals surface area contributed by atoms with E-state index in [9.17, 15) is 0 Å². The third-order valence-electron chi connectivity index (χ3n) is 5.44. The molecule has 27 heavy (non-hydrogen) atoms. The Bertz CT molecular complexity index is 753. The smallest absolute Gasteiger partial charge is 0.149 e. The Labute approximate surface area is 161 Å². The summed E-state index contributed by atoms with van der Waals surface area (Å²) >= 11 is 0. The highest BCUT2D eigenvalue weighted by molar-refractivity contribution is 5.85. The minimum absolute atomic E-state index is 0.250. The molecule has 0 spiro atoms. The van der Waals surface area contributed by atoms with E-state index in [1.54, 1.807) is 12.4 Å². The van der Waals surface area contributed by atoms with E-state index < -0.39 is 0 Å². The highest BCUT2D eigenvalue weighted by Gasteiger charge is 2.24. The van der Waals surface area contributed by atoms with Gasteiger partial charge in [0.05, 0.1) is 24.8 Å². The van der Waals surface area contributed by atoms with E-state index in [-0.39, 0.29) is 6.10 Å². The standard InChI is InChI=1S/C21H30N4O2/c1-15(2)24-16-3-5-18(6-4-16)27-20-14-17(25-9-11-26-12-10-25)13-19-21(20)23-8-7-22-19/h7-8,13-16,18,24H,3-6,9-12H2,1-2H3. The Balaban J connectivity index is 1.52. The first-order valence-corrected chi connectivity index (χ1v) is 10.2. The molecule has 6 heteroatoms. The number of fused-ring (bicyclic) bond motifs is 1. The summed E-state index contributed by atoms with van der Waals surface area (Å²) in [5.41, 5.74) is 2.90. The van der Waals surface area contributed by atoms with Gasteiger partial charge in [-0.3, -0.25) is 4.98 Å². The van der Waals surface area contributed by atoms with Crippen LogP contribution in [0, 0.1) is 0 Å². The van der Waals surface area contributed by atoms with Gasteiger partial charge in [0.2, 0.25) is 0 Å². The fourth-order valence-corrected chi connectivity index (χ4v) is 4.12. The molecule has 1 N–H and O–H groups in total. The molecule has 0 unspecified atom stereocenters. The number of ether oxygens (including phenoxy) is 2. The second kappa shape index (κ2) is 8.40. The molecule has 1 aromatic heterocycles. The molecule has 6 nitrogen and oxygen atoms in total. The minimum atomic E-state index is 0.250. The molecule has 2 heterocycles. The summed E-state index contributed by atoms with van der Waals surface area (Å²) in [6, 6.07) is 5.41. The van der Waals surface area contributed by atoms with Crippen LogP contribution in [0.5, 0.6) is 5.75 Å². The maximum absolute atomic E-state index is 6.47. The number of anilines is 1. The molecule has 2 aliphatic rings. The van der Waals surface area contributed by atoms with Crippen LogP contribution >= 0.6 is 0 Å². The second-order valence-corrected chi connectivity index (χ2v) is 7.88. The van der Waals surface area contributed by atoms with Crippen molar-refractivity contribution >= 4 is 16.7 Å². The Morgan fingerprint density at radius 3 is 2.56 bits per heavy atom. The van der Waals surface area contributed by atoms with Gasteiger partial charge in [-0.05, 0) is 31.7 Å². The highest BCUT2D eigenvalue weighted by Crippen LogP contribution is 2.32. The fourth-order valence-electron chi connectivity index (χ4n) is 4.12. The van der Waals surface area contributed by atoms with Crippen LogP contribution in [-0.2, 0) is 4.74 Å². The molecular formula is C21H30N4O2. The van der Waals surface area contributed by atoms with Gasteiger partial charge in [-0.1, -0.05) is 13.8 Å². The first kappa shape index (κ1) is 18.4. The van der Waals surface area contributed by atoms with Gasteiger partial charge in [0.25, 0.3) is 0 Å². The summed E-state index contributed by atoms with van der Waals surface area (Å²) in [5.74, 6) is 0.863. The van der Waals surface area contributed by atoms with E-state index in [1.165, 1.54) is 0 Å². The van der Waals surface area contributed by atoms with Crippen LogP contribution in [0.3, 0.4) is 0 Å². The van der Waals surface area contributed by atoms with Crippen LogP contribution in [0.2, 0.25) is 0 Å². The van der Waals surface area contributed by atoms with Crippen LogP contribution in [0.4, 0.5) is 5.69 Å². The number of morpholine rings is 1. The van der Waals surface area contributed by atoms with E-state index in [0.717, 1.165) is 74.5 Å². The predicted octanol–water partition coefficient (Wildman–Crippen LogP) is 3.15. The summed E-state index contributed by atoms with van der Waals surface area (Å²) in [6.07, 6.45) is 8.22. The van der Waals surface area contributed by atoms with E-state index in [4.69, 9.17) is 9.47 Å². The second-order valence-electron chi connectivity index (χ2n) is 7.88. The zero-order chi connectivity index (χ0) is 18.6. The maximum atomic E-state index is 6.47. The monoisotopic (exact) mass is 370 g/mol. The Morgan fingerprint density at radius 2 is 1.81 bits per heavy atom. The number of benzene rings is 1. The largest absolute Gasteiger partial charge is 0.488 e. The van der Waals surface area contributed by atoms with Crippen LogP contribution in [-0.4, -0.2) is 54.5 Å². The summed E-state index contributed by atoms with van der Waals surface area (Å²) in [7, 11) is 0. The SMILES string of the molecule is CC(C)NC1CCC(Oc2cc(N3CCOCC3)cc3nccnc23)CC1. The average molecular weight is 370 g/mol. The van der Waals surface area contributed by atoms with Gasteiger partial charge in [0.1, 0.15) is 11.3 Å². The van der Waals surface area contributed by atoms with E-state index in [0.29, 0.717) is 12.1 Å². The molecule has 0 amide bonds. The Morgan fingerprint density at radius 1 is 1.07 bits per heavy atom. The molecular weight excluding hydrogens is 340 g/mol. The number of rotatable bonds is 5. The molecule has 0 atom stereocenters. The van der Waals surface area contributed by atoms with Gasteiger partial charge >= 0.3 is 0 Å². The van der Waals surface area contributed by atoms with Gasteiger partial charge in [-0.25, -0.2) is 4.98 Å². The van der Waals surface area contributed by atoms with E-state index >= 15 is 0 Å². The van der Waals surface area contributed by atoms with Crippen LogP contribution in [0.25, 0.3) is 11.0 Å². The van der Waals surface area contributed by atoms with Gasteiger partial charge in [-0.2, -0.15) is 0 Å². The first-order valence-electron chi connectivity index (χ1n) is 10.2. The van der Waals surface area contributed by atoms with Crippen molar-refractivity contribution in [3.63, 3.8) is 0 Å². The molecule has 2 fully saturated rings. The maximum Gasteiger partial charge on any atom is 0.149 e. The van der Waals surface area contributed by atoms with Crippen molar-refractivity contribution in [3.8, 4) is 5.75 Å². The van der Waals surface area contributed by atoms with E-state index in [2.05, 4.69) is 46.2 Å². The number of hydrogen-bond donors (Lipinski definition) is 1. The molecule has 146 valence electrons. The lowest BCUT2D eigenvalue weighted by Crippen LogP contribution is -2.39. The molecule has 0 bridgehead atoms. The summed E-state index contributed by atoms with van der Waals surface area (Å²) in [6.45, 7) is 7.76. The van der Waals surface area contributed by atoms with Gasteiger partial charge in [-0.15, -0.1) is 0 Å². The van der Waals surface area contributed by atoms with Crippen molar-refractivity contribution in [2.24, 2.45) is 0 Å². The number of nitrogens with zero attached hydrogens (tertiary/aromatic N) is 3. The molecule has 1 saturated heterocycles. The van der Waals surface area contributed by atoms with Crippen molar-refractivity contribution in [1.82, 2.24) is 15.3 Å². The zero-order valence-corrected chi connectivity index (χ0v) is 16.4. The highest BCUT2D eigenvalue weighted by atomic mass is 16.5. The summed E-state index contributed by atoms with van der Waals surface area (Å²) in [5, 5.41) is 3.65. The normalized spacial score (nSPS) is 23.7. The number of nitrogens with one attached hydrogen (secondary N) is 1. The third kappa shape index (κ3) is 4.50. The topological polar surface area (TPSA) is 59.5 Å². The van der Waals surface area contributed by atoms with Crippen molar-refractivity contribution in [1.29, 1.82) is 0 Å². The van der Waals surface area contributed by atoms with Crippen molar-refractivity contribution in [3.05, 3.63) is 24.5 Å². The van der Waals surface area contributed by atoms with E-state index in [1.807, 2.05) is 0 Å². The number of aromatic nitrogens is 2. The predicted molar refractivity (Wildman–Crippen MR) is 108 cm³/mol. The van der Waals surface area contributed by atoms with Crippen molar-refractivity contribution < 1.29 is 9.47 Å². The molecule has 1 aromatic carbocycles. The molecule has 1 aliphatic carbocycles. The summed E-state index contributed by atoms with van der Waals surface area (Å²) < 4.78 is 12.0. The van der Waals surface area contributed by atoms with Gasteiger partial charge in [0, 0.05) is 49.3 Å². The average Bonchev–Trinajstić information content (AvgIpc) is 2.70. The van der Waals surface area contributed by atoms with Crippen molar-refractivity contribution in [2.45, 2.75) is 57.7 Å².